The van der Waals surface area contributed by atoms with Crippen molar-refractivity contribution in [2.75, 3.05) is 7.11 Å². The fraction of sp³-hybridized carbons (Fsp3) is 0.267. The molecule has 1 atom stereocenters. The molecule has 0 aliphatic heterocycles. The van der Waals surface area contributed by atoms with Crippen molar-refractivity contribution < 1.29 is 4.74 Å². The molecule has 1 aromatic carbocycles. The molecule has 1 heterocycles. The van der Waals surface area contributed by atoms with Gasteiger partial charge < -0.3 is 10.1 Å². The maximum Gasteiger partial charge on any atom is 0.123 e. The largest absolute Gasteiger partial charge is 0.496 e. The summed E-state index contributed by atoms with van der Waals surface area (Å²) in [6.45, 7) is 2.84. The monoisotopic (exact) mass is 320 g/mol. The third-order valence-electron chi connectivity index (χ3n) is 2.97. The lowest BCUT2D eigenvalue weighted by atomic mass is 10.1. The van der Waals surface area contributed by atoms with Gasteiger partial charge >= 0.3 is 0 Å². The molecule has 0 aliphatic rings. The van der Waals surface area contributed by atoms with Gasteiger partial charge in [0.15, 0.2) is 0 Å². The van der Waals surface area contributed by atoms with Gasteiger partial charge in [-0.3, -0.25) is 4.98 Å². The quantitative estimate of drug-likeness (QED) is 0.912. The molecule has 19 heavy (non-hydrogen) atoms. The van der Waals surface area contributed by atoms with E-state index in [0.717, 1.165) is 28.0 Å². The van der Waals surface area contributed by atoms with E-state index < -0.39 is 0 Å². The highest BCUT2D eigenvalue weighted by atomic mass is 79.9. The van der Waals surface area contributed by atoms with Gasteiger partial charge in [0.25, 0.3) is 0 Å². The van der Waals surface area contributed by atoms with Crippen molar-refractivity contribution >= 4 is 15.9 Å². The van der Waals surface area contributed by atoms with Crippen molar-refractivity contribution in [2.24, 2.45) is 0 Å². The first-order valence-corrected chi connectivity index (χ1v) is 6.96. The van der Waals surface area contributed by atoms with E-state index in [-0.39, 0.29) is 6.04 Å². The lowest BCUT2D eigenvalue weighted by molar-refractivity contribution is 0.405. The highest BCUT2D eigenvalue weighted by molar-refractivity contribution is 9.10. The molecule has 0 radical (unpaired) electrons. The normalized spacial score (nSPS) is 12.2. The van der Waals surface area contributed by atoms with Gasteiger partial charge in [-0.1, -0.05) is 22.0 Å². The summed E-state index contributed by atoms with van der Waals surface area (Å²) in [5.41, 5.74) is 2.16. The highest BCUT2D eigenvalue weighted by Crippen LogP contribution is 2.23. The summed E-state index contributed by atoms with van der Waals surface area (Å²) in [5, 5.41) is 3.45. The minimum Gasteiger partial charge on any atom is -0.496 e. The van der Waals surface area contributed by atoms with Crippen molar-refractivity contribution in [3.8, 4) is 5.75 Å². The summed E-state index contributed by atoms with van der Waals surface area (Å²) in [6, 6.07) is 12.2. The number of aromatic nitrogens is 1. The summed E-state index contributed by atoms with van der Waals surface area (Å²) in [4.78, 5) is 4.35. The maximum absolute atomic E-state index is 5.36. The number of pyridine rings is 1. The van der Waals surface area contributed by atoms with Crippen LogP contribution in [0.3, 0.4) is 0 Å². The fourth-order valence-electron chi connectivity index (χ4n) is 1.89. The van der Waals surface area contributed by atoms with Crippen LogP contribution >= 0.6 is 15.9 Å². The Hall–Kier alpha value is -1.39. The minimum absolute atomic E-state index is 0.199. The number of methoxy groups -OCH3 is 1. The van der Waals surface area contributed by atoms with Crippen LogP contribution in [-0.2, 0) is 6.54 Å². The summed E-state index contributed by atoms with van der Waals surface area (Å²) >= 11 is 3.48. The van der Waals surface area contributed by atoms with Crippen LogP contribution < -0.4 is 10.1 Å². The Labute approximate surface area is 122 Å². The summed E-state index contributed by atoms with van der Waals surface area (Å²) in [6.07, 6.45) is 1.81. The Bertz CT molecular complexity index is 531. The van der Waals surface area contributed by atoms with Crippen LogP contribution in [0.5, 0.6) is 5.75 Å². The van der Waals surface area contributed by atoms with E-state index in [0.29, 0.717) is 0 Å². The summed E-state index contributed by atoms with van der Waals surface area (Å²) in [7, 11) is 1.69. The number of nitrogens with one attached hydrogen (secondary N) is 1. The first kappa shape index (κ1) is 14.0. The van der Waals surface area contributed by atoms with Crippen molar-refractivity contribution in [1.29, 1.82) is 0 Å². The lowest BCUT2D eigenvalue weighted by Crippen LogP contribution is -2.19. The number of benzene rings is 1. The van der Waals surface area contributed by atoms with Crippen LogP contribution in [0.2, 0.25) is 0 Å². The highest BCUT2D eigenvalue weighted by Gasteiger charge is 2.08. The molecule has 0 saturated carbocycles. The van der Waals surface area contributed by atoms with Crippen LogP contribution in [-0.4, -0.2) is 12.1 Å². The molecule has 100 valence electrons. The smallest absolute Gasteiger partial charge is 0.123 e. The topological polar surface area (TPSA) is 34.1 Å². The molecule has 2 rings (SSSR count). The first-order chi connectivity index (χ1) is 9.20. The van der Waals surface area contributed by atoms with Crippen molar-refractivity contribution in [3.05, 3.63) is 58.3 Å². The van der Waals surface area contributed by atoms with Crippen LogP contribution in [0.25, 0.3) is 0 Å². The molecule has 0 spiro atoms. The molecule has 1 aromatic heterocycles. The van der Waals surface area contributed by atoms with Crippen LogP contribution in [0.4, 0.5) is 0 Å². The maximum atomic E-state index is 5.36. The predicted octanol–water partition coefficient (Wildman–Crippen LogP) is 3.70. The molecule has 0 bridgehead atoms. The number of halogens is 1. The molecule has 0 amide bonds. The number of ether oxygens (including phenoxy) is 1. The Kier molecular flexibility index (Phi) is 4.93. The minimum atomic E-state index is 0.199. The zero-order valence-electron chi connectivity index (χ0n) is 11.1. The predicted molar refractivity (Wildman–Crippen MR) is 80.2 cm³/mol. The molecule has 0 saturated heterocycles. The molecular weight excluding hydrogens is 304 g/mol. The van der Waals surface area contributed by atoms with E-state index in [9.17, 15) is 0 Å². The molecule has 3 nitrogen and oxygen atoms in total. The molecule has 0 unspecified atom stereocenters. The standard InChI is InChI=1S/C15H17BrN2O/c1-11(14-5-3-4-8-17-14)18-10-12-9-13(16)6-7-15(12)19-2/h3-9,11,18H,10H2,1-2H3/t11-/m0/s1. The third kappa shape index (κ3) is 3.78. The number of hydrogen-bond donors (Lipinski definition) is 1. The van der Waals surface area contributed by atoms with Crippen molar-refractivity contribution in [1.82, 2.24) is 10.3 Å². The first-order valence-electron chi connectivity index (χ1n) is 6.17. The van der Waals surface area contributed by atoms with Gasteiger partial charge in [-0.25, -0.2) is 0 Å². The van der Waals surface area contributed by atoms with Gasteiger partial charge in [-0.15, -0.1) is 0 Å². The van der Waals surface area contributed by atoms with Gasteiger partial charge in [-0.2, -0.15) is 0 Å². The van der Waals surface area contributed by atoms with Gasteiger partial charge in [0.05, 0.1) is 12.8 Å². The number of rotatable bonds is 5. The fourth-order valence-corrected chi connectivity index (χ4v) is 2.29. The van der Waals surface area contributed by atoms with Gasteiger partial charge in [-0.05, 0) is 37.3 Å². The Balaban J connectivity index is 2.04. The van der Waals surface area contributed by atoms with Gasteiger partial charge in [0.2, 0.25) is 0 Å². The molecule has 2 aromatic rings. The van der Waals surface area contributed by atoms with Crippen LogP contribution in [0.1, 0.15) is 24.2 Å². The molecule has 0 fully saturated rings. The zero-order chi connectivity index (χ0) is 13.7. The number of hydrogen-bond acceptors (Lipinski definition) is 3. The van der Waals surface area contributed by atoms with Crippen molar-refractivity contribution in [3.63, 3.8) is 0 Å². The number of nitrogens with zero attached hydrogens (tertiary/aromatic N) is 1. The molecule has 0 aliphatic carbocycles. The SMILES string of the molecule is COc1ccc(Br)cc1CN[C@@H](C)c1ccccn1. The van der Waals surface area contributed by atoms with Crippen LogP contribution in [0, 0.1) is 0 Å². The Morgan fingerprint density at radius 1 is 1.32 bits per heavy atom. The lowest BCUT2D eigenvalue weighted by Gasteiger charge is -2.15. The Morgan fingerprint density at radius 2 is 2.16 bits per heavy atom. The van der Waals surface area contributed by atoms with Gasteiger partial charge in [0.1, 0.15) is 5.75 Å². The summed E-state index contributed by atoms with van der Waals surface area (Å²) < 4.78 is 6.41. The second-order valence-electron chi connectivity index (χ2n) is 4.31. The van der Waals surface area contributed by atoms with E-state index in [1.165, 1.54) is 0 Å². The van der Waals surface area contributed by atoms with Crippen molar-refractivity contribution in [2.45, 2.75) is 19.5 Å². The Morgan fingerprint density at radius 3 is 2.84 bits per heavy atom. The third-order valence-corrected chi connectivity index (χ3v) is 3.47. The van der Waals surface area contributed by atoms with E-state index >= 15 is 0 Å². The van der Waals surface area contributed by atoms with Gasteiger partial charge in [0, 0.05) is 28.8 Å². The molecule has 1 N–H and O–H groups in total. The molecule has 4 heteroatoms. The van der Waals surface area contributed by atoms with E-state index in [1.807, 2.05) is 36.5 Å². The van der Waals surface area contributed by atoms with E-state index in [2.05, 4.69) is 39.2 Å². The second kappa shape index (κ2) is 6.68. The summed E-state index contributed by atoms with van der Waals surface area (Å²) in [5.74, 6) is 0.893. The van der Waals surface area contributed by atoms with Crippen LogP contribution in [0.15, 0.2) is 47.1 Å². The van der Waals surface area contributed by atoms with E-state index in [1.54, 1.807) is 7.11 Å². The average Bonchev–Trinajstić information content (AvgIpc) is 2.46. The average molecular weight is 321 g/mol. The molecular formula is C15H17BrN2O. The second-order valence-corrected chi connectivity index (χ2v) is 5.23. The zero-order valence-corrected chi connectivity index (χ0v) is 12.6. The van der Waals surface area contributed by atoms with E-state index in [4.69, 9.17) is 4.74 Å².